The second-order valence-electron chi connectivity index (χ2n) is 5.75. The topological polar surface area (TPSA) is 36.3 Å². The molecule has 0 amide bonds. The van der Waals surface area contributed by atoms with E-state index in [0.29, 0.717) is 19.8 Å². The predicted molar refractivity (Wildman–Crippen MR) is 103 cm³/mol. The Balaban J connectivity index is 1.78. The van der Waals surface area contributed by atoms with Crippen LogP contribution in [0.15, 0.2) is 53.0 Å². The zero-order chi connectivity index (χ0) is 18.5. The Morgan fingerprint density at radius 1 is 1.12 bits per heavy atom. The molecular weight excluding hydrogens is 399 g/mol. The first-order chi connectivity index (χ1) is 12.6. The minimum Gasteiger partial charge on any atom is -0.491 e. The van der Waals surface area contributed by atoms with Gasteiger partial charge in [-0.2, -0.15) is 9.49 Å². The average molecular weight is 419 g/mol. The van der Waals surface area contributed by atoms with Crippen molar-refractivity contribution in [2.24, 2.45) is 0 Å². The lowest BCUT2D eigenvalue weighted by Crippen LogP contribution is -2.12. The molecule has 136 valence electrons. The molecule has 0 saturated heterocycles. The molecule has 0 spiro atoms. The lowest BCUT2D eigenvalue weighted by atomic mass is 10.1. The summed E-state index contributed by atoms with van der Waals surface area (Å²) in [5, 5.41) is 4.40. The van der Waals surface area contributed by atoms with Crippen LogP contribution in [-0.4, -0.2) is 23.0 Å². The molecule has 0 aliphatic heterocycles. The van der Waals surface area contributed by atoms with Crippen molar-refractivity contribution in [3.63, 3.8) is 0 Å². The van der Waals surface area contributed by atoms with Crippen molar-refractivity contribution >= 4 is 15.9 Å². The van der Waals surface area contributed by atoms with Crippen LogP contribution in [0.1, 0.15) is 12.5 Å². The molecule has 0 fully saturated rings. The normalized spacial score (nSPS) is 10.8. The van der Waals surface area contributed by atoms with Gasteiger partial charge in [-0.1, -0.05) is 46.3 Å². The molecule has 0 saturated carbocycles. The number of hydrogen-bond acceptors (Lipinski definition) is 3. The van der Waals surface area contributed by atoms with Gasteiger partial charge in [0.05, 0.1) is 13.2 Å². The highest BCUT2D eigenvalue weighted by atomic mass is 79.9. The minimum absolute atomic E-state index is 0.141. The van der Waals surface area contributed by atoms with Gasteiger partial charge in [-0.05, 0) is 37.6 Å². The van der Waals surface area contributed by atoms with E-state index < -0.39 is 5.82 Å². The fourth-order valence-corrected chi connectivity index (χ4v) is 3.12. The Hall–Kier alpha value is -2.34. The van der Waals surface area contributed by atoms with Gasteiger partial charge in [-0.3, -0.25) is 0 Å². The molecule has 0 atom stereocenters. The van der Waals surface area contributed by atoms with E-state index in [1.54, 1.807) is 0 Å². The van der Waals surface area contributed by atoms with Crippen LogP contribution in [0.3, 0.4) is 0 Å². The molecule has 2 aromatic carbocycles. The first-order valence-corrected chi connectivity index (χ1v) is 9.23. The Labute approximate surface area is 160 Å². The van der Waals surface area contributed by atoms with E-state index in [4.69, 9.17) is 9.47 Å². The maximum atomic E-state index is 14.8. The van der Waals surface area contributed by atoms with Crippen LogP contribution in [0.5, 0.6) is 11.6 Å². The van der Waals surface area contributed by atoms with Gasteiger partial charge in [0.2, 0.25) is 11.7 Å². The zero-order valence-electron chi connectivity index (χ0n) is 14.7. The Bertz CT molecular complexity index is 881. The van der Waals surface area contributed by atoms with Gasteiger partial charge < -0.3 is 9.47 Å². The van der Waals surface area contributed by atoms with Crippen molar-refractivity contribution < 1.29 is 13.9 Å². The van der Waals surface area contributed by atoms with E-state index in [0.717, 1.165) is 21.3 Å². The van der Waals surface area contributed by atoms with Crippen LogP contribution in [0, 0.1) is 12.7 Å². The van der Waals surface area contributed by atoms with E-state index >= 15 is 0 Å². The first-order valence-electron chi connectivity index (χ1n) is 8.43. The molecule has 3 rings (SSSR count). The van der Waals surface area contributed by atoms with Crippen molar-refractivity contribution in [3.8, 4) is 22.9 Å². The molecule has 0 aliphatic carbocycles. The standard InChI is InChI=1S/C20H20BrFN2O2/c1-3-25-20-18(22)19(15-7-5-4-6-8-15)23-24(20)11-12-26-17-10-9-16(21)13-14(17)2/h4-10,13H,3,11-12H2,1-2H3. The SMILES string of the molecule is CCOc1c(F)c(-c2ccccc2)nn1CCOc1ccc(Br)cc1C. The molecule has 1 aromatic heterocycles. The highest BCUT2D eigenvalue weighted by molar-refractivity contribution is 9.10. The number of aryl methyl sites for hydroxylation is 1. The molecule has 4 nitrogen and oxygen atoms in total. The highest BCUT2D eigenvalue weighted by Crippen LogP contribution is 2.29. The van der Waals surface area contributed by atoms with Crippen molar-refractivity contribution in [1.82, 2.24) is 9.78 Å². The molecule has 0 radical (unpaired) electrons. The van der Waals surface area contributed by atoms with Gasteiger partial charge in [0.1, 0.15) is 18.1 Å². The number of halogens is 2. The third-order valence-corrected chi connectivity index (χ3v) is 4.37. The molecule has 0 aliphatic rings. The van der Waals surface area contributed by atoms with E-state index in [2.05, 4.69) is 21.0 Å². The number of ether oxygens (including phenoxy) is 2. The number of hydrogen-bond donors (Lipinski definition) is 0. The van der Waals surface area contributed by atoms with E-state index in [1.165, 1.54) is 4.68 Å². The maximum absolute atomic E-state index is 14.8. The van der Waals surface area contributed by atoms with Gasteiger partial charge in [0.15, 0.2) is 0 Å². The summed E-state index contributed by atoms with van der Waals surface area (Å²) in [6, 6.07) is 15.1. The largest absolute Gasteiger partial charge is 0.491 e. The van der Waals surface area contributed by atoms with Crippen molar-refractivity contribution in [2.75, 3.05) is 13.2 Å². The van der Waals surface area contributed by atoms with Crippen molar-refractivity contribution in [2.45, 2.75) is 20.4 Å². The molecule has 6 heteroatoms. The lowest BCUT2D eigenvalue weighted by Gasteiger charge is -2.11. The van der Waals surface area contributed by atoms with Crippen LogP contribution in [-0.2, 0) is 6.54 Å². The summed E-state index contributed by atoms with van der Waals surface area (Å²) >= 11 is 3.43. The molecule has 1 heterocycles. The summed E-state index contributed by atoms with van der Waals surface area (Å²) in [5.74, 6) is 0.488. The molecular formula is C20H20BrFN2O2. The van der Waals surface area contributed by atoms with Gasteiger partial charge in [0, 0.05) is 10.0 Å². The van der Waals surface area contributed by atoms with Crippen LogP contribution in [0.4, 0.5) is 4.39 Å². The maximum Gasteiger partial charge on any atom is 0.249 e. The smallest absolute Gasteiger partial charge is 0.249 e. The first kappa shape index (κ1) is 18.5. The summed E-state index contributed by atoms with van der Waals surface area (Å²) in [6.07, 6.45) is 0. The van der Waals surface area contributed by atoms with Crippen LogP contribution in [0.25, 0.3) is 11.3 Å². The third kappa shape index (κ3) is 4.07. The van der Waals surface area contributed by atoms with Crippen LogP contribution in [0.2, 0.25) is 0 Å². The van der Waals surface area contributed by atoms with Crippen molar-refractivity contribution in [3.05, 3.63) is 64.4 Å². The Morgan fingerprint density at radius 2 is 1.88 bits per heavy atom. The summed E-state index contributed by atoms with van der Waals surface area (Å²) in [6.45, 7) is 4.91. The fourth-order valence-electron chi connectivity index (χ4n) is 2.65. The lowest BCUT2D eigenvalue weighted by molar-refractivity contribution is 0.252. The third-order valence-electron chi connectivity index (χ3n) is 3.88. The molecule has 26 heavy (non-hydrogen) atoms. The number of benzene rings is 2. The monoisotopic (exact) mass is 418 g/mol. The number of aromatic nitrogens is 2. The summed E-state index contributed by atoms with van der Waals surface area (Å²) in [7, 11) is 0. The molecule has 0 unspecified atom stereocenters. The summed E-state index contributed by atoms with van der Waals surface area (Å²) < 4.78 is 28.6. The van der Waals surface area contributed by atoms with Gasteiger partial charge in [-0.25, -0.2) is 4.68 Å². The average Bonchev–Trinajstić information content (AvgIpc) is 2.94. The number of nitrogens with zero attached hydrogens (tertiary/aromatic N) is 2. The second-order valence-corrected chi connectivity index (χ2v) is 6.66. The molecule has 0 bridgehead atoms. The van der Waals surface area contributed by atoms with E-state index in [1.807, 2.05) is 62.4 Å². The van der Waals surface area contributed by atoms with Gasteiger partial charge >= 0.3 is 0 Å². The minimum atomic E-state index is -0.446. The van der Waals surface area contributed by atoms with Crippen LogP contribution >= 0.6 is 15.9 Å². The Kier molecular flexibility index (Phi) is 5.93. The van der Waals surface area contributed by atoms with Crippen LogP contribution < -0.4 is 9.47 Å². The zero-order valence-corrected chi connectivity index (χ0v) is 16.3. The predicted octanol–water partition coefficient (Wildman–Crippen LogP) is 5.24. The quantitative estimate of drug-likeness (QED) is 0.526. The second kappa shape index (κ2) is 8.36. The number of rotatable bonds is 7. The van der Waals surface area contributed by atoms with Gasteiger partial charge in [0.25, 0.3) is 0 Å². The summed E-state index contributed by atoms with van der Waals surface area (Å²) in [5.41, 5.74) is 2.03. The molecule has 3 aromatic rings. The fraction of sp³-hybridized carbons (Fsp3) is 0.250. The summed E-state index contributed by atoms with van der Waals surface area (Å²) in [4.78, 5) is 0. The molecule has 0 N–H and O–H groups in total. The van der Waals surface area contributed by atoms with Crippen molar-refractivity contribution in [1.29, 1.82) is 0 Å². The Morgan fingerprint density at radius 3 is 2.58 bits per heavy atom. The van der Waals surface area contributed by atoms with E-state index in [9.17, 15) is 4.39 Å². The van der Waals surface area contributed by atoms with Gasteiger partial charge in [-0.15, -0.1) is 0 Å². The van der Waals surface area contributed by atoms with E-state index in [-0.39, 0.29) is 11.6 Å². The highest BCUT2D eigenvalue weighted by Gasteiger charge is 2.20.